The van der Waals surface area contributed by atoms with E-state index in [0.29, 0.717) is 19.4 Å². The lowest BCUT2D eigenvalue weighted by molar-refractivity contribution is -0.134. The van der Waals surface area contributed by atoms with Gasteiger partial charge < -0.3 is 11.1 Å². The van der Waals surface area contributed by atoms with Crippen LogP contribution in [0.1, 0.15) is 40.5 Å². The van der Waals surface area contributed by atoms with Crippen LogP contribution < -0.4 is 11.1 Å². The van der Waals surface area contributed by atoms with Crippen LogP contribution in [0.5, 0.6) is 0 Å². The lowest BCUT2D eigenvalue weighted by Gasteiger charge is -2.29. The summed E-state index contributed by atoms with van der Waals surface area (Å²) < 4.78 is 0. The van der Waals surface area contributed by atoms with Crippen LogP contribution in [0.15, 0.2) is 12.7 Å². The lowest BCUT2D eigenvalue weighted by atomic mass is 9.76. The van der Waals surface area contributed by atoms with Gasteiger partial charge in [0.1, 0.15) is 0 Å². The third-order valence-electron chi connectivity index (χ3n) is 2.79. The molecule has 0 radical (unpaired) electrons. The van der Waals surface area contributed by atoms with Crippen molar-refractivity contribution in [3.8, 4) is 0 Å². The molecule has 0 aliphatic heterocycles. The maximum Gasteiger partial charge on any atom is 0.223 e. The zero-order valence-corrected chi connectivity index (χ0v) is 12.0. The summed E-state index contributed by atoms with van der Waals surface area (Å²) in [6.45, 7) is 12.2. The zero-order chi connectivity index (χ0) is 14.3. The Hall–Kier alpha value is -1.32. The van der Waals surface area contributed by atoms with Crippen LogP contribution in [-0.4, -0.2) is 18.4 Å². The molecule has 0 aromatic carbocycles. The molecule has 2 amide bonds. The SMILES string of the molecule is C=CC[C@H](C(N)=O)[C@@H](CC(C)(C)C)C(=O)NCC. The van der Waals surface area contributed by atoms with E-state index in [2.05, 4.69) is 11.9 Å². The molecule has 0 bridgehead atoms. The Balaban J connectivity index is 5.08. The van der Waals surface area contributed by atoms with E-state index < -0.39 is 11.8 Å². The van der Waals surface area contributed by atoms with Gasteiger partial charge in [0.05, 0.1) is 11.8 Å². The lowest BCUT2D eigenvalue weighted by Crippen LogP contribution is -2.41. The Kier molecular flexibility index (Phi) is 6.66. The molecule has 0 saturated carbocycles. The van der Waals surface area contributed by atoms with Crippen LogP contribution in [0.25, 0.3) is 0 Å². The largest absolute Gasteiger partial charge is 0.369 e. The smallest absolute Gasteiger partial charge is 0.223 e. The number of nitrogens with one attached hydrogen (secondary N) is 1. The average Bonchev–Trinajstić information content (AvgIpc) is 2.21. The molecular formula is C14H26N2O2. The standard InChI is InChI=1S/C14H26N2O2/c1-6-8-10(12(15)17)11(9-14(3,4)5)13(18)16-7-2/h6,10-11H,1,7-9H2,2-5H3,(H2,15,17)(H,16,18)/t10-,11+/m0/s1. The maximum atomic E-state index is 12.1. The second-order valence-electron chi connectivity index (χ2n) is 5.80. The third kappa shape index (κ3) is 5.84. The minimum atomic E-state index is -0.478. The van der Waals surface area contributed by atoms with Crippen molar-refractivity contribution in [2.45, 2.75) is 40.5 Å². The molecule has 4 nitrogen and oxygen atoms in total. The molecular weight excluding hydrogens is 228 g/mol. The fraction of sp³-hybridized carbons (Fsp3) is 0.714. The molecule has 0 rings (SSSR count). The summed E-state index contributed by atoms with van der Waals surface area (Å²) in [6.07, 6.45) is 2.71. The Morgan fingerprint density at radius 2 is 1.89 bits per heavy atom. The molecule has 104 valence electrons. The molecule has 0 aromatic heterocycles. The molecule has 2 atom stereocenters. The highest BCUT2D eigenvalue weighted by Crippen LogP contribution is 2.31. The number of allylic oxidation sites excluding steroid dienone is 1. The van der Waals surface area contributed by atoms with Gasteiger partial charge in [-0.1, -0.05) is 26.8 Å². The van der Waals surface area contributed by atoms with Crippen LogP contribution in [0.4, 0.5) is 0 Å². The van der Waals surface area contributed by atoms with E-state index in [1.165, 1.54) is 0 Å². The van der Waals surface area contributed by atoms with Crippen LogP contribution >= 0.6 is 0 Å². The van der Waals surface area contributed by atoms with Gasteiger partial charge in [0.2, 0.25) is 11.8 Å². The van der Waals surface area contributed by atoms with Crippen molar-refractivity contribution in [3.05, 3.63) is 12.7 Å². The quantitative estimate of drug-likeness (QED) is 0.681. The summed E-state index contributed by atoms with van der Waals surface area (Å²) in [5.74, 6) is -1.40. The first-order valence-electron chi connectivity index (χ1n) is 6.40. The highest BCUT2D eigenvalue weighted by atomic mass is 16.2. The minimum absolute atomic E-state index is 0.0371. The summed E-state index contributed by atoms with van der Waals surface area (Å²) in [4.78, 5) is 23.6. The number of primary amides is 1. The normalized spacial score (nSPS) is 14.7. The van der Waals surface area contributed by atoms with Crippen LogP contribution in [-0.2, 0) is 9.59 Å². The van der Waals surface area contributed by atoms with E-state index in [1.54, 1.807) is 6.08 Å². The van der Waals surface area contributed by atoms with Gasteiger partial charge in [0, 0.05) is 6.54 Å². The Morgan fingerprint density at radius 1 is 1.33 bits per heavy atom. The highest BCUT2D eigenvalue weighted by molar-refractivity contribution is 5.87. The van der Waals surface area contributed by atoms with Crippen LogP contribution in [0.3, 0.4) is 0 Å². The van der Waals surface area contributed by atoms with Gasteiger partial charge in [0.15, 0.2) is 0 Å². The van der Waals surface area contributed by atoms with Gasteiger partial charge in [0.25, 0.3) is 0 Å². The molecule has 18 heavy (non-hydrogen) atoms. The van der Waals surface area contributed by atoms with Crippen molar-refractivity contribution in [1.29, 1.82) is 0 Å². The van der Waals surface area contributed by atoms with Crippen molar-refractivity contribution < 1.29 is 9.59 Å². The first-order valence-corrected chi connectivity index (χ1v) is 6.40. The summed E-state index contributed by atoms with van der Waals surface area (Å²) in [5.41, 5.74) is 5.37. The second kappa shape index (κ2) is 7.19. The van der Waals surface area contributed by atoms with Crippen molar-refractivity contribution in [1.82, 2.24) is 5.32 Å². The zero-order valence-electron chi connectivity index (χ0n) is 12.0. The van der Waals surface area contributed by atoms with Crippen LogP contribution in [0, 0.1) is 17.3 Å². The third-order valence-corrected chi connectivity index (χ3v) is 2.79. The van der Waals surface area contributed by atoms with Gasteiger partial charge in [-0.05, 0) is 25.2 Å². The first-order chi connectivity index (χ1) is 8.22. The monoisotopic (exact) mass is 254 g/mol. The Bertz CT molecular complexity index is 305. The van der Waals surface area contributed by atoms with E-state index >= 15 is 0 Å². The van der Waals surface area contributed by atoms with Crippen molar-refractivity contribution in [2.24, 2.45) is 23.0 Å². The molecule has 3 N–H and O–H groups in total. The summed E-state index contributed by atoms with van der Waals surface area (Å²) in [6, 6.07) is 0. The van der Waals surface area contributed by atoms with Crippen molar-refractivity contribution in [2.75, 3.05) is 6.54 Å². The number of carbonyl (C=O) groups is 2. The maximum absolute atomic E-state index is 12.1. The summed E-state index contributed by atoms with van der Waals surface area (Å²) >= 11 is 0. The molecule has 4 heteroatoms. The van der Waals surface area contributed by atoms with Crippen molar-refractivity contribution in [3.63, 3.8) is 0 Å². The Morgan fingerprint density at radius 3 is 2.22 bits per heavy atom. The van der Waals surface area contributed by atoms with E-state index in [4.69, 9.17) is 5.73 Å². The number of carbonyl (C=O) groups excluding carboxylic acids is 2. The van der Waals surface area contributed by atoms with E-state index in [9.17, 15) is 9.59 Å². The summed E-state index contributed by atoms with van der Waals surface area (Å²) in [5, 5.41) is 2.78. The predicted octanol–water partition coefficient (Wildman–Crippen LogP) is 1.85. The van der Waals surface area contributed by atoms with Crippen molar-refractivity contribution >= 4 is 11.8 Å². The van der Waals surface area contributed by atoms with E-state index in [-0.39, 0.29) is 17.2 Å². The molecule has 0 spiro atoms. The van der Waals surface area contributed by atoms with Gasteiger partial charge in [-0.15, -0.1) is 6.58 Å². The van der Waals surface area contributed by atoms with Gasteiger partial charge in [-0.2, -0.15) is 0 Å². The molecule has 0 aliphatic carbocycles. The molecule has 0 aliphatic rings. The molecule has 0 saturated heterocycles. The fourth-order valence-electron chi connectivity index (χ4n) is 2.04. The van der Waals surface area contributed by atoms with E-state index in [1.807, 2.05) is 27.7 Å². The topological polar surface area (TPSA) is 72.2 Å². The second-order valence-corrected chi connectivity index (χ2v) is 5.80. The fourth-order valence-corrected chi connectivity index (χ4v) is 2.04. The van der Waals surface area contributed by atoms with Crippen LogP contribution in [0.2, 0.25) is 0 Å². The van der Waals surface area contributed by atoms with Gasteiger partial charge >= 0.3 is 0 Å². The van der Waals surface area contributed by atoms with Gasteiger partial charge in [-0.25, -0.2) is 0 Å². The number of hydrogen-bond donors (Lipinski definition) is 2. The predicted molar refractivity (Wildman–Crippen MR) is 73.7 cm³/mol. The number of rotatable bonds is 7. The number of nitrogens with two attached hydrogens (primary N) is 1. The highest BCUT2D eigenvalue weighted by Gasteiger charge is 2.34. The molecule has 0 fully saturated rings. The molecule has 0 unspecified atom stereocenters. The average molecular weight is 254 g/mol. The number of amides is 2. The van der Waals surface area contributed by atoms with E-state index in [0.717, 1.165) is 0 Å². The minimum Gasteiger partial charge on any atom is -0.369 e. The first kappa shape index (κ1) is 16.7. The number of hydrogen-bond acceptors (Lipinski definition) is 2. The Labute approximate surface area is 110 Å². The molecule has 0 aromatic rings. The summed E-state index contributed by atoms with van der Waals surface area (Å²) in [7, 11) is 0. The van der Waals surface area contributed by atoms with Gasteiger partial charge in [-0.3, -0.25) is 9.59 Å². The molecule has 0 heterocycles.